The molecular formula is C21H20FN3O5S. The van der Waals surface area contributed by atoms with Gasteiger partial charge in [-0.25, -0.2) is 22.5 Å². The van der Waals surface area contributed by atoms with Crippen molar-refractivity contribution in [1.29, 1.82) is 0 Å². The van der Waals surface area contributed by atoms with E-state index in [1.54, 1.807) is 18.2 Å². The van der Waals surface area contributed by atoms with Gasteiger partial charge in [-0.05, 0) is 43.4 Å². The van der Waals surface area contributed by atoms with Gasteiger partial charge in [0.25, 0.3) is 5.91 Å². The molecule has 0 saturated carbocycles. The molecule has 1 aromatic heterocycles. The molecule has 0 radical (unpaired) electrons. The lowest BCUT2D eigenvalue weighted by Gasteiger charge is -2.12. The quantitative estimate of drug-likeness (QED) is 0.552. The number of pyridine rings is 1. The Balaban J connectivity index is 1.78. The van der Waals surface area contributed by atoms with Crippen LogP contribution in [-0.2, 0) is 16.6 Å². The Morgan fingerprint density at radius 3 is 2.65 bits per heavy atom. The van der Waals surface area contributed by atoms with Gasteiger partial charge in [0.2, 0.25) is 15.9 Å². The molecule has 3 rings (SSSR count). The average molecular weight is 445 g/mol. The standard InChI is InChI=1S/C21H20FN3O5S/c1-23-31(27,28)19-11-14(8-9-18(19)29-2)20(26)25-13-15-5-4-10-24-21(15)30-17-7-3-6-16(22)12-17/h3-12,23H,13H2,1-2H3,(H,25,26). The minimum atomic E-state index is -3.82. The van der Waals surface area contributed by atoms with Gasteiger partial charge in [0.05, 0.1) is 7.11 Å². The Morgan fingerprint density at radius 2 is 1.94 bits per heavy atom. The maximum atomic E-state index is 13.4. The van der Waals surface area contributed by atoms with Crippen LogP contribution in [0.15, 0.2) is 65.7 Å². The molecule has 0 fully saturated rings. The number of nitrogens with one attached hydrogen (secondary N) is 2. The lowest BCUT2D eigenvalue weighted by Crippen LogP contribution is -2.24. The van der Waals surface area contributed by atoms with Crippen LogP contribution in [0, 0.1) is 5.82 Å². The SMILES string of the molecule is CNS(=O)(=O)c1cc(C(=O)NCc2cccnc2Oc2cccc(F)c2)ccc1OC. The van der Waals surface area contributed by atoms with Crippen molar-refractivity contribution < 1.29 is 27.1 Å². The molecule has 0 aliphatic carbocycles. The van der Waals surface area contributed by atoms with Gasteiger partial charge in [0.15, 0.2) is 0 Å². The fourth-order valence-electron chi connectivity index (χ4n) is 2.71. The summed E-state index contributed by atoms with van der Waals surface area (Å²) in [6.07, 6.45) is 1.51. The number of hydrogen-bond acceptors (Lipinski definition) is 6. The fourth-order valence-corrected chi connectivity index (χ4v) is 3.63. The number of aromatic nitrogens is 1. The van der Waals surface area contributed by atoms with Crippen molar-refractivity contribution in [2.24, 2.45) is 0 Å². The topological polar surface area (TPSA) is 107 Å². The highest BCUT2D eigenvalue weighted by Gasteiger charge is 2.20. The molecule has 0 unspecified atom stereocenters. The molecule has 162 valence electrons. The number of hydrogen-bond donors (Lipinski definition) is 2. The van der Waals surface area contributed by atoms with Crippen molar-refractivity contribution in [3.8, 4) is 17.4 Å². The minimum absolute atomic E-state index is 0.0530. The van der Waals surface area contributed by atoms with Gasteiger partial charge in [-0.15, -0.1) is 0 Å². The zero-order chi connectivity index (χ0) is 22.4. The van der Waals surface area contributed by atoms with Crippen LogP contribution < -0.4 is 19.5 Å². The van der Waals surface area contributed by atoms with Crippen molar-refractivity contribution in [3.05, 3.63) is 77.7 Å². The van der Waals surface area contributed by atoms with Gasteiger partial charge >= 0.3 is 0 Å². The Morgan fingerprint density at radius 1 is 1.13 bits per heavy atom. The Kier molecular flexibility index (Phi) is 6.83. The molecule has 8 nitrogen and oxygen atoms in total. The molecule has 0 bridgehead atoms. The van der Waals surface area contributed by atoms with Crippen molar-refractivity contribution in [1.82, 2.24) is 15.0 Å². The van der Waals surface area contributed by atoms with Gasteiger partial charge < -0.3 is 14.8 Å². The number of halogens is 1. The zero-order valence-corrected chi connectivity index (χ0v) is 17.6. The Bertz CT molecular complexity index is 1200. The molecule has 1 heterocycles. The summed E-state index contributed by atoms with van der Waals surface area (Å²) in [6, 6.07) is 13.1. The summed E-state index contributed by atoms with van der Waals surface area (Å²) in [6.45, 7) is 0.0530. The van der Waals surface area contributed by atoms with Crippen molar-refractivity contribution >= 4 is 15.9 Å². The normalized spacial score (nSPS) is 11.1. The Labute approximate surface area is 179 Å². The summed E-state index contributed by atoms with van der Waals surface area (Å²) in [4.78, 5) is 16.6. The maximum absolute atomic E-state index is 13.4. The van der Waals surface area contributed by atoms with E-state index in [1.165, 1.54) is 56.8 Å². The molecule has 1 amide bonds. The summed E-state index contributed by atoms with van der Waals surface area (Å²) in [5.74, 6) is -0.361. The molecule has 0 saturated heterocycles. The van der Waals surface area contributed by atoms with Gasteiger partial charge in [-0.3, -0.25) is 4.79 Å². The van der Waals surface area contributed by atoms with E-state index in [-0.39, 0.29) is 34.4 Å². The molecule has 2 N–H and O–H groups in total. The number of methoxy groups -OCH3 is 1. The molecule has 0 atom stereocenters. The first kappa shape index (κ1) is 22.2. The molecule has 2 aromatic carbocycles. The number of nitrogens with zero attached hydrogens (tertiary/aromatic N) is 1. The number of ether oxygens (including phenoxy) is 2. The summed E-state index contributed by atoms with van der Waals surface area (Å²) < 4.78 is 50.7. The highest BCUT2D eigenvalue weighted by molar-refractivity contribution is 7.89. The average Bonchev–Trinajstić information content (AvgIpc) is 2.78. The van der Waals surface area contributed by atoms with Crippen molar-refractivity contribution in [2.75, 3.05) is 14.2 Å². The fraction of sp³-hybridized carbons (Fsp3) is 0.143. The summed E-state index contributed by atoms with van der Waals surface area (Å²) in [5.41, 5.74) is 0.683. The monoisotopic (exact) mass is 445 g/mol. The van der Waals surface area contributed by atoms with Crippen LogP contribution in [-0.4, -0.2) is 33.5 Å². The van der Waals surface area contributed by atoms with E-state index in [9.17, 15) is 17.6 Å². The van der Waals surface area contributed by atoms with E-state index in [0.717, 1.165) is 0 Å². The third-order valence-electron chi connectivity index (χ3n) is 4.28. The highest BCUT2D eigenvalue weighted by Crippen LogP contribution is 2.26. The highest BCUT2D eigenvalue weighted by atomic mass is 32.2. The molecule has 3 aromatic rings. The second-order valence-corrected chi connectivity index (χ2v) is 8.14. The molecule has 0 aliphatic heterocycles. The third kappa shape index (κ3) is 5.36. The van der Waals surface area contributed by atoms with Crippen molar-refractivity contribution in [3.63, 3.8) is 0 Å². The van der Waals surface area contributed by atoms with E-state index in [4.69, 9.17) is 9.47 Å². The van der Waals surface area contributed by atoms with Crippen LogP contribution >= 0.6 is 0 Å². The van der Waals surface area contributed by atoms with E-state index < -0.39 is 21.7 Å². The summed E-state index contributed by atoms with van der Waals surface area (Å²) in [5, 5.41) is 2.70. The zero-order valence-electron chi connectivity index (χ0n) is 16.8. The molecule has 0 aliphatic rings. The van der Waals surface area contributed by atoms with Gasteiger partial charge in [0, 0.05) is 29.9 Å². The predicted molar refractivity (Wildman–Crippen MR) is 111 cm³/mol. The summed E-state index contributed by atoms with van der Waals surface area (Å²) in [7, 11) is -1.22. The van der Waals surface area contributed by atoms with E-state index >= 15 is 0 Å². The van der Waals surface area contributed by atoms with Crippen LogP contribution in [0.3, 0.4) is 0 Å². The number of rotatable bonds is 8. The first-order valence-electron chi connectivity index (χ1n) is 9.11. The number of sulfonamides is 1. The first-order valence-corrected chi connectivity index (χ1v) is 10.6. The van der Waals surface area contributed by atoms with Gasteiger partial charge in [0.1, 0.15) is 22.2 Å². The summed E-state index contributed by atoms with van der Waals surface area (Å²) >= 11 is 0. The number of benzene rings is 2. The van der Waals surface area contributed by atoms with E-state index in [0.29, 0.717) is 5.56 Å². The second-order valence-electron chi connectivity index (χ2n) is 6.28. The van der Waals surface area contributed by atoms with Crippen LogP contribution in [0.25, 0.3) is 0 Å². The number of carbonyl (C=O) groups excluding carboxylic acids is 1. The maximum Gasteiger partial charge on any atom is 0.251 e. The molecule has 31 heavy (non-hydrogen) atoms. The Hall–Kier alpha value is -3.50. The molecular weight excluding hydrogens is 425 g/mol. The lowest BCUT2D eigenvalue weighted by atomic mass is 10.2. The third-order valence-corrected chi connectivity index (χ3v) is 5.72. The molecule has 0 spiro atoms. The number of amides is 1. The van der Waals surface area contributed by atoms with Gasteiger partial charge in [-0.1, -0.05) is 12.1 Å². The van der Waals surface area contributed by atoms with Crippen molar-refractivity contribution in [2.45, 2.75) is 11.4 Å². The van der Waals surface area contributed by atoms with E-state index in [1.807, 2.05) is 0 Å². The number of carbonyl (C=O) groups is 1. The first-order chi connectivity index (χ1) is 14.8. The molecule has 10 heteroatoms. The van der Waals surface area contributed by atoms with Crippen LogP contribution in [0.5, 0.6) is 17.4 Å². The van der Waals surface area contributed by atoms with E-state index in [2.05, 4.69) is 15.0 Å². The van der Waals surface area contributed by atoms with Crippen LogP contribution in [0.4, 0.5) is 4.39 Å². The lowest BCUT2D eigenvalue weighted by molar-refractivity contribution is 0.0950. The largest absolute Gasteiger partial charge is 0.495 e. The minimum Gasteiger partial charge on any atom is -0.495 e. The second kappa shape index (κ2) is 9.54. The smallest absolute Gasteiger partial charge is 0.251 e. The van der Waals surface area contributed by atoms with Crippen LogP contribution in [0.1, 0.15) is 15.9 Å². The van der Waals surface area contributed by atoms with Gasteiger partial charge in [-0.2, -0.15) is 0 Å². The predicted octanol–water partition coefficient (Wildman–Crippen LogP) is 2.86. The van der Waals surface area contributed by atoms with Crippen LogP contribution in [0.2, 0.25) is 0 Å².